The lowest BCUT2D eigenvalue weighted by Gasteiger charge is -2.45. The molecule has 1 heterocycles. The number of allylic oxidation sites excluding steroid dienone is 1. The highest BCUT2D eigenvalue weighted by atomic mass is 16.5. The maximum atomic E-state index is 14.1. The second kappa shape index (κ2) is 8.38. The molecule has 3 atom stereocenters. The van der Waals surface area contributed by atoms with Gasteiger partial charge in [-0.1, -0.05) is 43.9 Å². The van der Waals surface area contributed by atoms with Crippen LogP contribution >= 0.6 is 0 Å². The first-order valence-electron chi connectivity index (χ1n) is 11.6. The number of likely N-dealkylation sites (tertiary alicyclic amines) is 1. The van der Waals surface area contributed by atoms with Crippen LogP contribution in [-0.4, -0.2) is 42.8 Å². The van der Waals surface area contributed by atoms with E-state index in [1.54, 1.807) is 7.11 Å². The molecular formula is C26H33NO5. The lowest BCUT2D eigenvalue weighted by Crippen LogP contribution is -2.53. The quantitative estimate of drug-likeness (QED) is 0.345. The van der Waals surface area contributed by atoms with Crippen molar-refractivity contribution in [2.45, 2.75) is 71.4 Å². The maximum absolute atomic E-state index is 14.1. The number of rotatable bonds is 8. The molecule has 1 aliphatic heterocycles. The SMILES string of the molecule is CCCCC[C@@]12C3=C(C)C[C@]1(C(=O)OC)C(=O)N(Cc1ccc(OC)cc1)[C@@H]2CCC3=O. The molecule has 0 aromatic heterocycles. The molecule has 0 N–H and O–H groups in total. The number of unbranched alkanes of at least 4 members (excludes halogenated alkanes) is 2. The van der Waals surface area contributed by atoms with Crippen molar-refractivity contribution in [2.24, 2.45) is 10.8 Å². The van der Waals surface area contributed by atoms with Gasteiger partial charge in [0.15, 0.2) is 11.2 Å². The molecular weight excluding hydrogens is 406 g/mol. The minimum Gasteiger partial charge on any atom is -0.497 e. The van der Waals surface area contributed by atoms with Crippen LogP contribution in [0, 0.1) is 10.8 Å². The number of nitrogens with zero attached hydrogens (tertiary/aromatic N) is 1. The summed E-state index contributed by atoms with van der Waals surface area (Å²) in [5, 5.41) is 0. The normalized spacial score (nSPS) is 28.9. The van der Waals surface area contributed by atoms with Crippen molar-refractivity contribution < 1.29 is 23.9 Å². The van der Waals surface area contributed by atoms with Gasteiger partial charge >= 0.3 is 5.97 Å². The van der Waals surface area contributed by atoms with E-state index in [4.69, 9.17) is 9.47 Å². The van der Waals surface area contributed by atoms with E-state index < -0.39 is 16.8 Å². The van der Waals surface area contributed by atoms with Crippen molar-refractivity contribution in [3.63, 3.8) is 0 Å². The van der Waals surface area contributed by atoms with Gasteiger partial charge in [-0.05, 0) is 43.9 Å². The zero-order valence-electron chi connectivity index (χ0n) is 19.5. The number of esters is 1. The van der Waals surface area contributed by atoms with E-state index >= 15 is 0 Å². The number of hydrogen-bond acceptors (Lipinski definition) is 5. The van der Waals surface area contributed by atoms with Gasteiger partial charge in [0.2, 0.25) is 5.91 Å². The van der Waals surface area contributed by atoms with Gasteiger partial charge in [-0.25, -0.2) is 0 Å². The van der Waals surface area contributed by atoms with E-state index in [2.05, 4.69) is 6.92 Å². The molecule has 1 saturated carbocycles. The van der Waals surface area contributed by atoms with Crippen molar-refractivity contribution in [3.8, 4) is 5.75 Å². The second-order valence-corrected chi connectivity index (χ2v) is 9.42. The van der Waals surface area contributed by atoms with Crippen LogP contribution in [0.2, 0.25) is 0 Å². The van der Waals surface area contributed by atoms with Crippen LogP contribution in [-0.2, 0) is 25.7 Å². The number of ketones is 1. The monoisotopic (exact) mass is 439 g/mol. The molecule has 0 spiro atoms. The van der Waals surface area contributed by atoms with E-state index in [9.17, 15) is 14.4 Å². The Bertz CT molecular complexity index is 965. The maximum Gasteiger partial charge on any atom is 0.322 e. The summed E-state index contributed by atoms with van der Waals surface area (Å²) >= 11 is 0. The van der Waals surface area contributed by atoms with Crippen molar-refractivity contribution in [1.82, 2.24) is 4.90 Å². The van der Waals surface area contributed by atoms with Gasteiger partial charge in [0.25, 0.3) is 0 Å². The second-order valence-electron chi connectivity index (χ2n) is 9.42. The van der Waals surface area contributed by atoms with Crippen LogP contribution in [0.25, 0.3) is 0 Å². The smallest absolute Gasteiger partial charge is 0.322 e. The molecule has 2 fully saturated rings. The number of amides is 1. The average Bonchev–Trinajstić information content (AvgIpc) is 3.18. The third kappa shape index (κ3) is 2.95. The highest BCUT2D eigenvalue weighted by molar-refractivity contribution is 6.13. The first kappa shape index (κ1) is 22.6. The largest absolute Gasteiger partial charge is 0.497 e. The summed E-state index contributed by atoms with van der Waals surface area (Å²) in [6.07, 6.45) is 4.84. The van der Waals surface area contributed by atoms with Crippen LogP contribution in [0.1, 0.15) is 64.4 Å². The number of hydrogen-bond donors (Lipinski definition) is 0. The lowest BCUT2D eigenvalue weighted by molar-refractivity contribution is -0.163. The molecule has 6 heteroatoms. The third-order valence-corrected chi connectivity index (χ3v) is 7.88. The van der Waals surface area contributed by atoms with Gasteiger partial charge in [-0.15, -0.1) is 0 Å². The van der Waals surface area contributed by atoms with Gasteiger partial charge in [0.1, 0.15) is 5.75 Å². The molecule has 1 saturated heterocycles. The fourth-order valence-electron chi connectivity index (χ4n) is 6.67. The van der Waals surface area contributed by atoms with E-state index in [1.165, 1.54) is 7.11 Å². The highest BCUT2D eigenvalue weighted by Crippen LogP contribution is 2.69. The van der Waals surface area contributed by atoms with Crippen LogP contribution < -0.4 is 4.74 Å². The van der Waals surface area contributed by atoms with Gasteiger partial charge < -0.3 is 14.4 Å². The van der Waals surface area contributed by atoms with Gasteiger partial charge in [-0.2, -0.15) is 0 Å². The topological polar surface area (TPSA) is 72.9 Å². The van der Waals surface area contributed by atoms with Gasteiger partial charge in [0, 0.05) is 30.0 Å². The highest BCUT2D eigenvalue weighted by Gasteiger charge is 2.77. The first-order chi connectivity index (χ1) is 15.4. The molecule has 4 rings (SSSR count). The van der Waals surface area contributed by atoms with Crippen LogP contribution in [0.3, 0.4) is 0 Å². The molecule has 2 aliphatic carbocycles. The summed E-state index contributed by atoms with van der Waals surface area (Å²) in [7, 11) is 2.97. The Hall–Kier alpha value is -2.63. The Morgan fingerprint density at radius 3 is 2.50 bits per heavy atom. The van der Waals surface area contributed by atoms with Gasteiger partial charge in [0.05, 0.1) is 14.2 Å². The minimum absolute atomic E-state index is 0.0973. The predicted octanol–water partition coefficient (Wildman–Crippen LogP) is 4.22. The number of carbonyl (C=O) groups excluding carboxylic acids is 3. The average molecular weight is 440 g/mol. The number of Topliss-reactive ketones (excluding diaryl/α,β-unsaturated/α-hetero) is 1. The molecule has 0 bridgehead atoms. The predicted molar refractivity (Wildman–Crippen MR) is 120 cm³/mol. The van der Waals surface area contributed by atoms with Crippen LogP contribution in [0.5, 0.6) is 5.75 Å². The number of ether oxygens (including phenoxy) is 2. The minimum atomic E-state index is -1.33. The summed E-state index contributed by atoms with van der Waals surface area (Å²) in [6.45, 7) is 4.45. The van der Waals surface area contributed by atoms with E-state index in [1.807, 2.05) is 36.1 Å². The Morgan fingerprint density at radius 2 is 1.88 bits per heavy atom. The van der Waals surface area contributed by atoms with E-state index in [0.717, 1.165) is 41.7 Å². The number of methoxy groups -OCH3 is 2. The van der Waals surface area contributed by atoms with Crippen LogP contribution in [0.15, 0.2) is 35.4 Å². The van der Waals surface area contributed by atoms with Crippen molar-refractivity contribution in [3.05, 3.63) is 41.0 Å². The lowest BCUT2D eigenvalue weighted by atomic mass is 9.55. The van der Waals surface area contributed by atoms with Crippen molar-refractivity contribution >= 4 is 17.7 Å². The number of benzene rings is 1. The molecule has 6 nitrogen and oxygen atoms in total. The van der Waals surface area contributed by atoms with Crippen molar-refractivity contribution in [2.75, 3.05) is 14.2 Å². The Kier molecular flexibility index (Phi) is 5.91. The molecule has 1 amide bonds. The molecule has 1 aromatic rings. The van der Waals surface area contributed by atoms with Crippen LogP contribution in [0.4, 0.5) is 0 Å². The fraction of sp³-hybridized carbons (Fsp3) is 0.577. The Morgan fingerprint density at radius 1 is 1.16 bits per heavy atom. The fourth-order valence-corrected chi connectivity index (χ4v) is 6.67. The summed E-state index contributed by atoms with van der Waals surface area (Å²) in [6, 6.07) is 7.47. The first-order valence-corrected chi connectivity index (χ1v) is 11.6. The Balaban J connectivity index is 1.83. The molecule has 0 radical (unpaired) electrons. The molecule has 3 aliphatic rings. The summed E-state index contributed by atoms with van der Waals surface area (Å²) in [5.74, 6) is 0.167. The van der Waals surface area contributed by atoms with E-state index in [0.29, 0.717) is 25.8 Å². The van der Waals surface area contributed by atoms with Crippen molar-refractivity contribution in [1.29, 1.82) is 0 Å². The Labute approximate surface area is 189 Å². The van der Waals surface area contributed by atoms with Gasteiger partial charge in [-0.3, -0.25) is 14.4 Å². The zero-order chi connectivity index (χ0) is 23.1. The summed E-state index contributed by atoms with van der Waals surface area (Å²) in [5.41, 5.74) is 0.474. The zero-order valence-corrected chi connectivity index (χ0v) is 19.5. The molecule has 0 unspecified atom stereocenters. The number of carbonyl (C=O) groups is 3. The third-order valence-electron chi connectivity index (χ3n) is 7.88. The summed E-state index contributed by atoms with van der Waals surface area (Å²) in [4.78, 5) is 42.6. The summed E-state index contributed by atoms with van der Waals surface area (Å²) < 4.78 is 10.5. The molecule has 172 valence electrons. The van der Waals surface area contributed by atoms with E-state index in [-0.39, 0.29) is 24.2 Å². The molecule has 32 heavy (non-hydrogen) atoms. The molecule has 1 aromatic carbocycles. The standard InChI is InChI=1S/C26H33NO5/c1-5-6-7-14-25-21-13-12-20(28)22(25)17(2)15-26(25,24(30)32-4)23(29)27(21)16-18-8-10-19(31-3)11-9-18/h8-11,21H,5-7,12-16H2,1-4H3/t21-,25-,26-/m1/s1.